The predicted octanol–water partition coefficient (Wildman–Crippen LogP) is 1.49. The summed E-state index contributed by atoms with van der Waals surface area (Å²) in [4.78, 5) is 23.8. The molecule has 8 heteroatoms. The van der Waals surface area contributed by atoms with Crippen molar-refractivity contribution in [2.75, 3.05) is 14.1 Å². The van der Waals surface area contributed by atoms with E-state index in [2.05, 4.69) is 5.32 Å². The number of nitrogens with one attached hydrogen (secondary N) is 1. The summed E-state index contributed by atoms with van der Waals surface area (Å²) in [6.07, 6.45) is 0. The molecule has 0 aromatic heterocycles. The zero-order valence-electron chi connectivity index (χ0n) is 13.7. The van der Waals surface area contributed by atoms with Gasteiger partial charge >= 0.3 is 5.97 Å². The van der Waals surface area contributed by atoms with Crippen LogP contribution >= 0.6 is 0 Å². The van der Waals surface area contributed by atoms with Gasteiger partial charge in [0.25, 0.3) is 5.91 Å². The molecule has 1 unspecified atom stereocenters. The van der Waals surface area contributed by atoms with E-state index in [4.69, 9.17) is 0 Å². The normalized spacial score (nSPS) is 12.6. The lowest BCUT2D eigenvalue weighted by molar-refractivity contribution is -0.139. The Hall–Kier alpha value is -2.71. The van der Waals surface area contributed by atoms with E-state index in [0.29, 0.717) is 5.56 Å². The predicted molar refractivity (Wildman–Crippen MR) is 91.6 cm³/mol. The van der Waals surface area contributed by atoms with Crippen LogP contribution in [0.4, 0.5) is 0 Å². The average Bonchev–Trinajstić information content (AvgIpc) is 2.59. The van der Waals surface area contributed by atoms with Gasteiger partial charge in [0.1, 0.15) is 0 Å². The number of carboxylic acid groups (broad SMARTS) is 1. The third-order valence-electron chi connectivity index (χ3n) is 3.55. The Kier molecular flexibility index (Phi) is 5.55. The number of sulfonamides is 1. The van der Waals surface area contributed by atoms with Gasteiger partial charge in [-0.3, -0.25) is 4.79 Å². The molecule has 0 saturated heterocycles. The van der Waals surface area contributed by atoms with Crippen molar-refractivity contribution in [2.45, 2.75) is 10.9 Å². The van der Waals surface area contributed by atoms with Crippen LogP contribution in [0.5, 0.6) is 0 Å². The molecule has 1 amide bonds. The number of amides is 1. The number of carbonyl (C=O) groups is 2. The minimum Gasteiger partial charge on any atom is -0.479 e. The van der Waals surface area contributed by atoms with Gasteiger partial charge in [0.15, 0.2) is 6.04 Å². The molecule has 0 bridgehead atoms. The molecule has 25 heavy (non-hydrogen) atoms. The van der Waals surface area contributed by atoms with Crippen LogP contribution in [-0.2, 0) is 14.8 Å². The first-order valence-electron chi connectivity index (χ1n) is 7.34. The van der Waals surface area contributed by atoms with Crippen LogP contribution in [-0.4, -0.2) is 43.8 Å². The minimum absolute atomic E-state index is 0.0480. The highest BCUT2D eigenvalue weighted by Gasteiger charge is 2.23. The van der Waals surface area contributed by atoms with Crippen molar-refractivity contribution in [3.05, 3.63) is 65.7 Å². The summed E-state index contributed by atoms with van der Waals surface area (Å²) in [6, 6.07) is 12.4. The van der Waals surface area contributed by atoms with Gasteiger partial charge in [0.05, 0.1) is 4.90 Å². The summed E-state index contributed by atoms with van der Waals surface area (Å²) in [5, 5.41) is 11.8. The van der Waals surface area contributed by atoms with Gasteiger partial charge in [-0.25, -0.2) is 17.5 Å². The van der Waals surface area contributed by atoms with Gasteiger partial charge in [0.2, 0.25) is 10.0 Å². The van der Waals surface area contributed by atoms with Crippen molar-refractivity contribution in [1.82, 2.24) is 9.62 Å². The van der Waals surface area contributed by atoms with Gasteiger partial charge in [-0.15, -0.1) is 0 Å². The van der Waals surface area contributed by atoms with Crippen LogP contribution in [0.3, 0.4) is 0 Å². The maximum absolute atomic E-state index is 12.3. The quantitative estimate of drug-likeness (QED) is 0.810. The smallest absolute Gasteiger partial charge is 0.330 e. The maximum atomic E-state index is 12.3. The first-order valence-corrected chi connectivity index (χ1v) is 8.78. The summed E-state index contributed by atoms with van der Waals surface area (Å²) in [5.74, 6) is -1.79. The number of carbonyl (C=O) groups excluding carboxylic acids is 1. The number of aliphatic carboxylic acids is 1. The number of carboxylic acids is 1. The van der Waals surface area contributed by atoms with Crippen molar-refractivity contribution in [3.8, 4) is 0 Å². The molecule has 0 heterocycles. The largest absolute Gasteiger partial charge is 0.479 e. The standard InChI is InChI=1S/C17H18N2O5S/c1-19(2)25(23,24)14-10-8-13(9-11-14)16(20)18-15(17(21)22)12-6-4-3-5-7-12/h3-11,15H,1-2H3,(H,18,20)(H,21,22). The van der Waals surface area contributed by atoms with E-state index in [-0.39, 0.29) is 10.5 Å². The lowest BCUT2D eigenvalue weighted by atomic mass is 10.1. The highest BCUT2D eigenvalue weighted by molar-refractivity contribution is 7.89. The number of hydrogen-bond donors (Lipinski definition) is 2. The summed E-state index contributed by atoms with van der Waals surface area (Å²) < 4.78 is 25.1. The molecule has 2 aromatic rings. The Balaban J connectivity index is 2.22. The number of hydrogen-bond acceptors (Lipinski definition) is 4. The van der Waals surface area contributed by atoms with Crippen molar-refractivity contribution in [2.24, 2.45) is 0 Å². The lowest BCUT2D eigenvalue weighted by Crippen LogP contribution is -2.33. The lowest BCUT2D eigenvalue weighted by Gasteiger charge is -2.15. The summed E-state index contributed by atoms with van der Waals surface area (Å²) in [6.45, 7) is 0. The van der Waals surface area contributed by atoms with Crippen LogP contribution in [0, 0.1) is 0 Å². The van der Waals surface area contributed by atoms with Crippen LogP contribution in [0.15, 0.2) is 59.5 Å². The highest BCUT2D eigenvalue weighted by atomic mass is 32.2. The Morgan fingerprint density at radius 1 is 1.00 bits per heavy atom. The highest BCUT2D eigenvalue weighted by Crippen LogP contribution is 2.16. The van der Waals surface area contributed by atoms with E-state index in [1.165, 1.54) is 38.4 Å². The summed E-state index contributed by atoms with van der Waals surface area (Å²) in [5.41, 5.74) is 0.607. The maximum Gasteiger partial charge on any atom is 0.330 e. The molecule has 0 saturated carbocycles. The molecular formula is C17H18N2O5S. The minimum atomic E-state index is -3.59. The molecule has 0 spiro atoms. The third kappa shape index (κ3) is 4.23. The van der Waals surface area contributed by atoms with Crippen LogP contribution < -0.4 is 5.32 Å². The number of nitrogens with zero attached hydrogens (tertiary/aromatic N) is 1. The van der Waals surface area contributed by atoms with Crippen LogP contribution in [0.25, 0.3) is 0 Å². The second-order valence-electron chi connectivity index (χ2n) is 5.47. The summed E-state index contributed by atoms with van der Waals surface area (Å²) >= 11 is 0. The average molecular weight is 362 g/mol. The van der Waals surface area contributed by atoms with Crippen molar-refractivity contribution in [3.63, 3.8) is 0 Å². The molecule has 0 fully saturated rings. The first kappa shape index (κ1) is 18.6. The topological polar surface area (TPSA) is 104 Å². The molecule has 2 N–H and O–H groups in total. The van der Waals surface area contributed by atoms with E-state index in [1.807, 2.05) is 0 Å². The van der Waals surface area contributed by atoms with Crippen LogP contribution in [0.1, 0.15) is 22.0 Å². The number of rotatable bonds is 6. The van der Waals surface area contributed by atoms with Gasteiger partial charge in [0, 0.05) is 19.7 Å². The fourth-order valence-corrected chi connectivity index (χ4v) is 3.04. The first-order chi connectivity index (χ1) is 11.7. The van der Waals surface area contributed by atoms with E-state index in [0.717, 1.165) is 4.31 Å². The molecule has 132 valence electrons. The Morgan fingerprint density at radius 2 is 1.56 bits per heavy atom. The van der Waals surface area contributed by atoms with Crippen LogP contribution in [0.2, 0.25) is 0 Å². The molecule has 2 rings (SSSR count). The fourth-order valence-electron chi connectivity index (χ4n) is 2.14. The number of benzene rings is 2. The second-order valence-corrected chi connectivity index (χ2v) is 7.62. The van der Waals surface area contributed by atoms with E-state index in [1.54, 1.807) is 30.3 Å². The Labute approximate surface area is 146 Å². The monoisotopic (exact) mass is 362 g/mol. The van der Waals surface area contributed by atoms with Crippen molar-refractivity contribution < 1.29 is 23.1 Å². The zero-order valence-corrected chi connectivity index (χ0v) is 14.5. The Morgan fingerprint density at radius 3 is 2.04 bits per heavy atom. The zero-order chi connectivity index (χ0) is 18.6. The molecule has 0 radical (unpaired) electrons. The fraction of sp³-hybridized carbons (Fsp3) is 0.176. The molecule has 1 atom stereocenters. The Bertz CT molecular complexity index is 862. The molecule has 2 aromatic carbocycles. The molecule has 0 aliphatic carbocycles. The molecular weight excluding hydrogens is 344 g/mol. The second kappa shape index (κ2) is 7.45. The third-order valence-corrected chi connectivity index (χ3v) is 5.38. The van der Waals surface area contributed by atoms with Gasteiger partial charge in [-0.05, 0) is 29.8 Å². The van der Waals surface area contributed by atoms with Crippen molar-refractivity contribution in [1.29, 1.82) is 0 Å². The SMILES string of the molecule is CN(C)S(=O)(=O)c1ccc(C(=O)NC(C(=O)O)c2ccccc2)cc1. The van der Waals surface area contributed by atoms with Gasteiger partial charge < -0.3 is 10.4 Å². The molecule has 0 aliphatic rings. The van der Waals surface area contributed by atoms with Gasteiger partial charge in [-0.1, -0.05) is 30.3 Å². The van der Waals surface area contributed by atoms with E-state index < -0.39 is 27.9 Å². The van der Waals surface area contributed by atoms with Crippen molar-refractivity contribution >= 4 is 21.9 Å². The summed E-state index contributed by atoms with van der Waals surface area (Å²) in [7, 11) is -0.771. The molecule has 7 nitrogen and oxygen atoms in total. The molecule has 0 aliphatic heterocycles. The van der Waals surface area contributed by atoms with Gasteiger partial charge in [-0.2, -0.15) is 0 Å². The van der Waals surface area contributed by atoms with E-state index in [9.17, 15) is 23.1 Å². The van der Waals surface area contributed by atoms with E-state index >= 15 is 0 Å².